The molecule has 0 aromatic carbocycles. The maximum atomic E-state index is 9.07. The van der Waals surface area contributed by atoms with Crippen LogP contribution >= 0.6 is 0 Å². The van der Waals surface area contributed by atoms with E-state index in [-0.39, 0.29) is 5.54 Å². The Morgan fingerprint density at radius 2 is 2.07 bits per heavy atom. The van der Waals surface area contributed by atoms with E-state index in [2.05, 4.69) is 18.3 Å². The summed E-state index contributed by atoms with van der Waals surface area (Å²) in [5.41, 5.74) is -0.359. The maximum absolute atomic E-state index is 9.07. The number of rotatable bonds is 9. The third-order valence-corrected chi connectivity index (χ3v) is 2.43. The minimum atomic E-state index is -0.359. The van der Waals surface area contributed by atoms with Crippen LogP contribution in [0.25, 0.3) is 0 Å². The van der Waals surface area contributed by atoms with Gasteiger partial charge >= 0.3 is 0 Å². The first kappa shape index (κ1) is 14.4. The second-order valence-corrected chi connectivity index (χ2v) is 4.02. The molecular formula is C12H24N2O. The number of hydrogen-bond acceptors (Lipinski definition) is 3. The van der Waals surface area contributed by atoms with E-state index >= 15 is 0 Å². The molecule has 15 heavy (non-hydrogen) atoms. The summed E-state index contributed by atoms with van der Waals surface area (Å²) in [6.45, 7) is 8.59. The minimum Gasteiger partial charge on any atom is -0.382 e. The molecule has 0 aromatic rings. The normalized spacial score (nSPS) is 14.5. The Bertz CT molecular complexity index is 189. The van der Waals surface area contributed by atoms with Gasteiger partial charge in [-0.15, -0.1) is 0 Å². The highest BCUT2D eigenvalue weighted by Crippen LogP contribution is 2.12. The lowest BCUT2D eigenvalue weighted by molar-refractivity contribution is 0.141. The fraction of sp³-hybridized carbons (Fsp3) is 0.917. The quantitative estimate of drug-likeness (QED) is 0.597. The standard InChI is InChI=1S/C12H24N2O/c1-4-9-14-12(3,11-13)8-6-7-10-15-5-2/h14H,4-10H2,1-3H3. The van der Waals surface area contributed by atoms with Gasteiger partial charge in [0.2, 0.25) is 0 Å². The van der Waals surface area contributed by atoms with E-state index < -0.39 is 0 Å². The lowest BCUT2D eigenvalue weighted by Gasteiger charge is -2.22. The molecule has 3 heteroatoms. The summed E-state index contributed by atoms with van der Waals surface area (Å²) in [5, 5.41) is 12.4. The minimum absolute atomic E-state index is 0.359. The molecule has 0 amide bonds. The molecule has 0 bridgehead atoms. The number of nitrogens with zero attached hydrogens (tertiary/aromatic N) is 1. The Kier molecular flexibility index (Phi) is 8.35. The zero-order valence-electron chi connectivity index (χ0n) is 10.3. The van der Waals surface area contributed by atoms with Crippen molar-refractivity contribution >= 4 is 0 Å². The van der Waals surface area contributed by atoms with Crippen LogP contribution in [0.1, 0.15) is 46.5 Å². The van der Waals surface area contributed by atoms with Crippen molar-refractivity contribution in [2.24, 2.45) is 0 Å². The highest BCUT2D eigenvalue weighted by atomic mass is 16.5. The van der Waals surface area contributed by atoms with Crippen LogP contribution in [0.4, 0.5) is 0 Å². The van der Waals surface area contributed by atoms with Crippen LogP contribution in [-0.2, 0) is 4.74 Å². The Morgan fingerprint density at radius 1 is 1.33 bits per heavy atom. The lowest BCUT2D eigenvalue weighted by atomic mass is 9.96. The van der Waals surface area contributed by atoms with E-state index in [0.717, 1.165) is 45.4 Å². The lowest BCUT2D eigenvalue weighted by Crippen LogP contribution is -2.41. The zero-order chi connectivity index (χ0) is 11.6. The second-order valence-electron chi connectivity index (χ2n) is 4.02. The molecule has 0 fully saturated rings. The van der Waals surface area contributed by atoms with Crippen LogP contribution < -0.4 is 5.32 Å². The number of nitrogens with one attached hydrogen (secondary N) is 1. The smallest absolute Gasteiger partial charge is 0.103 e. The monoisotopic (exact) mass is 212 g/mol. The topological polar surface area (TPSA) is 45.0 Å². The van der Waals surface area contributed by atoms with Crippen molar-refractivity contribution in [3.63, 3.8) is 0 Å². The summed E-state index contributed by atoms with van der Waals surface area (Å²) < 4.78 is 5.26. The average molecular weight is 212 g/mol. The molecule has 1 unspecified atom stereocenters. The van der Waals surface area contributed by atoms with E-state index in [1.807, 2.05) is 13.8 Å². The van der Waals surface area contributed by atoms with Gasteiger partial charge < -0.3 is 4.74 Å². The van der Waals surface area contributed by atoms with E-state index in [1.54, 1.807) is 0 Å². The van der Waals surface area contributed by atoms with Gasteiger partial charge in [-0.05, 0) is 46.1 Å². The van der Waals surface area contributed by atoms with Gasteiger partial charge in [-0.1, -0.05) is 6.92 Å². The van der Waals surface area contributed by atoms with Crippen LogP contribution in [0.5, 0.6) is 0 Å². The van der Waals surface area contributed by atoms with Crippen LogP contribution in [0.3, 0.4) is 0 Å². The summed E-state index contributed by atoms with van der Waals surface area (Å²) in [6, 6.07) is 2.35. The van der Waals surface area contributed by atoms with E-state index in [1.165, 1.54) is 0 Å². The van der Waals surface area contributed by atoms with E-state index in [0.29, 0.717) is 0 Å². The summed E-state index contributed by atoms with van der Waals surface area (Å²) in [5.74, 6) is 0. The second kappa shape index (κ2) is 8.70. The Morgan fingerprint density at radius 3 is 2.60 bits per heavy atom. The summed E-state index contributed by atoms with van der Waals surface area (Å²) in [4.78, 5) is 0. The van der Waals surface area contributed by atoms with Gasteiger partial charge in [0.1, 0.15) is 5.54 Å². The molecule has 1 N–H and O–H groups in total. The van der Waals surface area contributed by atoms with Crippen LogP contribution in [0.2, 0.25) is 0 Å². The molecule has 0 saturated heterocycles. The van der Waals surface area contributed by atoms with Gasteiger partial charge in [0.15, 0.2) is 0 Å². The fourth-order valence-corrected chi connectivity index (χ4v) is 1.41. The van der Waals surface area contributed by atoms with Gasteiger partial charge in [0.25, 0.3) is 0 Å². The first-order chi connectivity index (χ1) is 7.18. The van der Waals surface area contributed by atoms with Crippen LogP contribution in [0, 0.1) is 11.3 Å². The van der Waals surface area contributed by atoms with Gasteiger partial charge in [0.05, 0.1) is 6.07 Å². The third-order valence-electron chi connectivity index (χ3n) is 2.43. The van der Waals surface area contributed by atoms with Crippen molar-refractivity contribution < 1.29 is 4.74 Å². The van der Waals surface area contributed by atoms with Gasteiger partial charge in [-0.2, -0.15) is 5.26 Å². The molecule has 3 nitrogen and oxygen atoms in total. The first-order valence-electron chi connectivity index (χ1n) is 5.92. The van der Waals surface area contributed by atoms with Crippen molar-refractivity contribution in [3.05, 3.63) is 0 Å². The van der Waals surface area contributed by atoms with Gasteiger partial charge in [0, 0.05) is 13.2 Å². The Balaban J connectivity index is 3.64. The Labute approximate surface area is 93.8 Å². The third kappa shape index (κ3) is 7.35. The molecule has 0 aliphatic carbocycles. The predicted octanol–water partition coefficient (Wildman–Crippen LogP) is 2.48. The van der Waals surface area contributed by atoms with Crippen LogP contribution in [0.15, 0.2) is 0 Å². The SMILES string of the molecule is CCCNC(C)(C#N)CCCCOCC. The number of unbranched alkanes of at least 4 members (excludes halogenated alkanes) is 1. The van der Waals surface area contributed by atoms with Crippen molar-refractivity contribution in [1.29, 1.82) is 5.26 Å². The van der Waals surface area contributed by atoms with Crippen molar-refractivity contribution in [2.45, 2.75) is 52.0 Å². The molecule has 0 heterocycles. The molecule has 1 atom stereocenters. The van der Waals surface area contributed by atoms with E-state index in [4.69, 9.17) is 10.00 Å². The molecule has 0 aliphatic heterocycles. The van der Waals surface area contributed by atoms with E-state index in [9.17, 15) is 0 Å². The molecule has 0 spiro atoms. The van der Waals surface area contributed by atoms with Crippen molar-refractivity contribution in [1.82, 2.24) is 5.32 Å². The highest BCUT2D eigenvalue weighted by Gasteiger charge is 2.21. The average Bonchev–Trinajstić information content (AvgIpc) is 2.26. The maximum Gasteiger partial charge on any atom is 0.103 e. The number of ether oxygens (including phenoxy) is 1. The highest BCUT2D eigenvalue weighted by molar-refractivity contribution is 5.03. The summed E-state index contributed by atoms with van der Waals surface area (Å²) in [7, 11) is 0. The first-order valence-corrected chi connectivity index (χ1v) is 5.92. The van der Waals surface area contributed by atoms with Crippen LogP contribution in [-0.4, -0.2) is 25.3 Å². The van der Waals surface area contributed by atoms with Crippen molar-refractivity contribution in [2.75, 3.05) is 19.8 Å². The molecular weight excluding hydrogens is 188 g/mol. The largest absolute Gasteiger partial charge is 0.382 e. The molecule has 0 aromatic heterocycles. The predicted molar refractivity (Wildman–Crippen MR) is 62.7 cm³/mol. The number of nitriles is 1. The molecule has 88 valence electrons. The molecule has 0 saturated carbocycles. The number of hydrogen-bond donors (Lipinski definition) is 1. The van der Waals surface area contributed by atoms with Crippen molar-refractivity contribution in [3.8, 4) is 6.07 Å². The Hall–Kier alpha value is -0.590. The van der Waals surface area contributed by atoms with Gasteiger partial charge in [-0.25, -0.2) is 0 Å². The van der Waals surface area contributed by atoms with Gasteiger partial charge in [-0.3, -0.25) is 5.32 Å². The summed E-state index contributed by atoms with van der Waals surface area (Å²) in [6.07, 6.45) is 4.05. The zero-order valence-corrected chi connectivity index (χ0v) is 10.3. The fourth-order valence-electron chi connectivity index (χ4n) is 1.41. The molecule has 0 radical (unpaired) electrons. The molecule has 0 aliphatic rings. The molecule has 0 rings (SSSR count). The summed E-state index contributed by atoms with van der Waals surface area (Å²) >= 11 is 0.